The first-order chi connectivity index (χ1) is 19.7. The van der Waals surface area contributed by atoms with Gasteiger partial charge in [0.1, 0.15) is 5.70 Å². The number of anilines is 2. The van der Waals surface area contributed by atoms with E-state index in [4.69, 9.17) is 34.8 Å². The molecule has 3 N–H and O–H groups in total. The summed E-state index contributed by atoms with van der Waals surface area (Å²) >= 11 is 19.9. The van der Waals surface area contributed by atoms with Gasteiger partial charge in [-0.15, -0.1) is 11.8 Å². The third kappa shape index (κ3) is 8.62. The number of hydrogen-bond acceptors (Lipinski definition) is 4. The summed E-state index contributed by atoms with van der Waals surface area (Å²) in [7, 11) is 0. The van der Waals surface area contributed by atoms with Crippen LogP contribution in [0.2, 0.25) is 15.1 Å². The zero-order chi connectivity index (χ0) is 29.4. The van der Waals surface area contributed by atoms with Crippen LogP contribution in [0.1, 0.15) is 21.5 Å². The van der Waals surface area contributed by atoms with Gasteiger partial charge in [-0.05, 0) is 78.7 Å². The van der Waals surface area contributed by atoms with Crippen LogP contribution in [-0.2, 0) is 9.59 Å². The molecular formula is C31H24Cl3N3O3S. The molecule has 0 heterocycles. The normalized spacial score (nSPS) is 11.1. The molecule has 0 fully saturated rings. The summed E-state index contributed by atoms with van der Waals surface area (Å²) in [5.74, 6) is -0.989. The summed E-state index contributed by atoms with van der Waals surface area (Å²) in [6, 6.07) is 25.9. The first-order valence-corrected chi connectivity index (χ1v) is 14.4. The van der Waals surface area contributed by atoms with E-state index < -0.39 is 11.8 Å². The minimum atomic E-state index is -0.554. The molecule has 0 bridgehead atoms. The quantitative estimate of drug-likeness (QED) is 0.130. The van der Waals surface area contributed by atoms with Crippen molar-refractivity contribution in [3.8, 4) is 0 Å². The Morgan fingerprint density at radius 3 is 2.20 bits per heavy atom. The Morgan fingerprint density at radius 1 is 0.780 bits per heavy atom. The predicted octanol–water partition coefficient (Wildman–Crippen LogP) is 8.10. The second-order valence-electron chi connectivity index (χ2n) is 8.80. The molecular weight excluding hydrogens is 601 g/mol. The van der Waals surface area contributed by atoms with E-state index >= 15 is 0 Å². The Labute approximate surface area is 257 Å². The molecule has 4 aromatic rings. The molecule has 0 radical (unpaired) electrons. The number of benzene rings is 4. The maximum absolute atomic E-state index is 13.3. The maximum Gasteiger partial charge on any atom is 0.272 e. The Kier molecular flexibility index (Phi) is 10.5. The smallest absolute Gasteiger partial charge is 0.272 e. The van der Waals surface area contributed by atoms with E-state index in [0.717, 1.165) is 10.5 Å². The van der Waals surface area contributed by atoms with Gasteiger partial charge in [0.15, 0.2) is 0 Å². The number of carbonyl (C=O) groups excluding carboxylic acids is 3. The molecule has 0 aliphatic rings. The highest BCUT2D eigenvalue weighted by Gasteiger charge is 2.16. The number of nitrogens with one attached hydrogen (secondary N) is 3. The molecule has 41 heavy (non-hydrogen) atoms. The van der Waals surface area contributed by atoms with Crippen LogP contribution in [-0.4, -0.2) is 23.5 Å². The minimum Gasteiger partial charge on any atom is -0.325 e. The lowest BCUT2D eigenvalue weighted by Gasteiger charge is -2.12. The summed E-state index contributed by atoms with van der Waals surface area (Å²) in [5, 5.41) is 9.44. The predicted molar refractivity (Wildman–Crippen MR) is 169 cm³/mol. The van der Waals surface area contributed by atoms with E-state index in [0.29, 0.717) is 32.5 Å². The zero-order valence-corrected chi connectivity index (χ0v) is 24.8. The van der Waals surface area contributed by atoms with Gasteiger partial charge in [-0.2, -0.15) is 0 Å². The second kappa shape index (κ2) is 14.2. The van der Waals surface area contributed by atoms with Gasteiger partial charge in [-0.3, -0.25) is 14.4 Å². The molecule has 0 unspecified atom stereocenters. The highest BCUT2D eigenvalue weighted by molar-refractivity contribution is 8.00. The number of carbonyl (C=O) groups is 3. The van der Waals surface area contributed by atoms with Gasteiger partial charge in [-0.1, -0.05) is 71.2 Å². The van der Waals surface area contributed by atoms with Crippen molar-refractivity contribution in [3.05, 3.63) is 128 Å². The first-order valence-electron chi connectivity index (χ1n) is 12.3. The van der Waals surface area contributed by atoms with Crippen molar-refractivity contribution in [1.29, 1.82) is 0 Å². The average molecular weight is 625 g/mol. The lowest BCUT2D eigenvalue weighted by molar-refractivity contribution is -0.114. The molecule has 3 amide bonds. The largest absolute Gasteiger partial charge is 0.325 e. The monoisotopic (exact) mass is 623 g/mol. The van der Waals surface area contributed by atoms with Crippen LogP contribution in [0.5, 0.6) is 0 Å². The van der Waals surface area contributed by atoms with Gasteiger partial charge in [0.25, 0.3) is 11.8 Å². The van der Waals surface area contributed by atoms with Crippen molar-refractivity contribution >= 4 is 81.7 Å². The molecule has 0 atom stereocenters. The van der Waals surface area contributed by atoms with E-state index in [2.05, 4.69) is 16.0 Å². The van der Waals surface area contributed by atoms with Crippen LogP contribution < -0.4 is 16.0 Å². The topological polar surface area (TPSA) is 87.3 Å². The van der Waals surface area contributed by atoms with E-state index in [-0.39, 0.29) is 22.4 Å². The Bertz CT molecular complexity index is 1610. The van der Waals surface area contributed by atoms with Crippen LogP contribution in [0.4, 0.5) is 11.4 Å². The van der Waals surface area contributed by atoms with Crippen molar-refractivity contribution in [2.75, 3.05) is 16.4 Å². The molecule has 0 aromatic heterocycles. The van der Waals surface area contributed by atoms with Crippen LogP contribution >= 0.6 is 46.6 Å². The molecule has 0 saturated heterocycles. The average Bonchev–Trinajstić information content (AvgIpc) is 2.97. The van der Waals surface area contributed by atoms with Crippen molar-refractivity contribution in [2.24, 2.45) is 0 Å². The molecule has 6 nitrogen and oxygen atoms in total. The van der Waals surface area contributed by atoms with Gasteiger partial charge in [0, 0.05) is 26.9 Å². The van der Waals surface area contributed by atoms with Crippen molar-refractivity contribution in [2.45, 2.75) is 11.8 Å². The number of rotatable bonds is 9. The third-order valence-corrected chi connectivity index (χ3v) is 8.00. The lowest BCUT2D eigenvalue weighted by Crippen LogP contribution is -2.30. The summed E-state index contributed by atoms with van der Waals surface area (Å²) in [6.45, 7) is 1.89. The SMILES string of the molecule is Cc1ccc(NC(=O)CSc2ccc(NC(=O)/C(=C/c3cccc(Cl)c3Cl)NC(=O)c3ccccc3)cc2)cc1Cl. The van der Waals surface area contributed by atoms with Crippen molar-refractivity contribution in [3.63, 3.8) is 0 Å². The van der Waals surface area contributed by atoms with E-state index in [1.54, 1.807) is 84.9 Å². The third-order valence-electron chi connectivity index (χ3n) is 5.75. The Balaban J connectivity index is 1.42. The lowest BCUT2D eigenvalue weighted by atomic mass is 10.1. The molecule has 0 saturated carbocycles. The van der Waals surface area contributed by atoms with E-state index in [9.17, 15) is 14.4 Å². The van der Waals surface area contributed by atoms with Gasteiger partial charge in [0.2, 0.25) is 5.91 Å². The Hall–Kier alpha value is -3.75. The van der Waals surface area contributed by atoms with Crippen molar-refractivity contribution in [1.82, 2.24) is 5.32 Å². The molecule has 4 rings (SSSR count). The number of thioether (sulfide) groups is 1. The second-order valence-corrected chi connectivity index (χ2v) is 11.0. The van der Waals surface area contributed by atoms with Gasteiger partial charge in [0.05, 0.1) is 15.8 Å². The number of amides is 3. The van der Waals surface area contributed by atoms with Crippen LogP contribution in [0, 0.1) is 6.92 Å². The molecule has 0 aliphatic carbocycles. The highest BCUT2D eigenvalue weighted by Crippen LogP contribution is 2.28. The summed E-state index contributed by atoms with van der Waals surface area (Å²) in [4.78, 5) is 39.3. The minimum absolute atomic E-state index is 0.0191. The highest BCUT2D eigenvalue weighted by atomic mass is 35.5. The van der Waals surface area contributed by atoms with Crippen LogP contribution in [0.15, 0.2) is 102 Å². The zero-order valence-electron chi connectivity index (χ0n) is 21.7. The van der Waals surface area contributed by atoms with Gasteiger partial charge in [-0.25, -0.2) is 0 Å². The molecule has 0 spiro atoms. The number of hydrogen-bond donors (Lipinski definition) is 3. The summed E-state index contributed by atoms with van der Waals surface area (Å²) < 4.78 is 0. The van der Waals surface area contributed by atoms with Gasteiger partial charge < -0.3 is 16.0 Å². The standard InChI is InChI=1S/C31H24Cl3N3O3S/c1-19-10-11-23(17-26(19)33)35-28(38)18-41-24-14-12-22(13-15-24)36-31(40)27(16-21-8-5-9-25(32)29(21)34)37-30(39)20-6-3-2-4-7-20/h2-17H,18H2,1H3,(H,35,38)(H,36,40)(H,37,39)/b27-16-. The molecule has 4 aromatic carbocycles. The number of halogens is 3. The summed E-state index contributed by atoms with van der Waals surface area (Å²) in [5.41, 5.74) is 2.89. The summed E-state index contributed by atoms with van der Waals surface area (Å²) in [6.07, 6.45) is 1.47. The first kappa shape index (κ1) is 30.2. The Morgan fingerprint density at radius 2 is 1.49 bits per heavy atom. The fourth-order valence-corrected chi connectivity index (χ4v) is 4.82. The van der Waals surface area contributed by atoms with Crippen molar-refractivity contribution < 1.29 is 14.4 Å². The van der Waals surface area contributed by atoms with Crippen LogP contribution in [0.25, 0.3) is 6.08 Å². The molecule has 10 heteroatoms. The van der Waals surface area contributed by atoms with Crippen LogP contribution in [0.3, 0.4) is 0 Å². The number of aryl methyl sites for hydroxylation is 1. The van der Waals surface area contributed by atoms with Gasteiger partial charge >= 0.3 is 0 Å². The van der Waals surface area contributed by atoms with E-state index in [1.165, 1.54) is 17.8 Å². The molecule has 0 aliphatic heterocycles. The fraction of sp³-hybridized carbons (Fsp3) is 0.0645. The fourth-order valence-electron chi connectivity index (χ4n) is 3.58. The maximum atomic E-state index is 13.3. The van der Waals surface area contributed by atoms with E-state index in [1.807, 2.05) is 13.0 Å². The molecule has 208 valence electrons.